The number of benzene rings is 3. The molecule has 3 rings (SSSR count). The van der Waals surface area contributed by atoms with Gasteiger partial charge >= 0.3 is 0 Å². The highest BCUT2D eigenvalue weighted by Gasteiger charge is 2.09. The fourth-order valence-corrected chi connectivity index (χ4v) is 2.77. The van der Waals surface area contributed by atoms with Crippen LogP contribution in [0.15, 0.2) is 66.7 Å². The molecule has 0 spiro atoms. The number of rotatable bonds is 6. The van der Waals surface area contributed by atoms with E-state index in [4.69, 9.17) is 4.74 Å². The van der Waals surface area contributed by atoms with Crippen molar-refractivity contribution in [3.8, 4) is 5.75 Å². The van der Waals surface area contributed by atoms with Crippen LogP contribution in [0.2, 0.25) is 0 Å². The molecule has 0 unspecified atom stereocenters. The average Bonchev–Trinajstić information content (AvgIpc) is 2.72. The van der Waals surface area contributed by atoms with Crippen LogP contribution >= 0.6 is 0 Å². The number of hydrogen-bond acceptors (Lipinski definition) is 3. The van der Waals surface area contributed by atoms with E-state index in [1.807, 2.05) is 63.2 Å². The van der Waals surface area contributed by atoms with Gasteiger partial charge in [-0.2, -0.15) is 0 Å². The van der Waals surface area contributed by atoms with E-state index in [1.54, 1.807) is 24.3 Å². The van der Waals surface area contributed by atoms with Gasteiger partial charge in [0.05, 0.1) is 0 Å². The van der Waals surface area contributed by atoms with Crippen LogP contribution < -0.4 is 15.4 Å². The summed E-state index contributed by atoms with van der Waals surface area (Å²) in [5.74, 6) is 0.0836. The van der Waals surface area contributed by atoms with Crippen molar-refractivity contribution in [3.05, 3.63) is 89.0 Å². The van der Waals surface area contributed by atoms with Crippen molar-refractivity contribution in [2.45, 2.75) is 20.8 Å². The van der Waals surface area contributed by atoms with E-state index in [0.717, 1.165) is 28.1 Å². The Morgan fingerprint density at radius 3 is 2.21 bits per heavy atom. The van der Waals surface area contributed by atoms with Crippen molar-refractivity contribution < 1.29 is 14.3 Å². The number of hydrogen-bond donors (Lipinski definition) is 2. The van der Waals surface area contributed by atoms with Gasteiger partial charge in [-0.05, 0) is 74.4 Å². The standard InChI is InChI=1S/C24H24N2O3/c1-16-7-11-20(12-8-16)25-23(27)15-29-21-13-9-19(10-14-21)24(28)26-22-6-4-5-17(2)18(22)3/h4-14H,15H2,1-3H3,(H,25,27)(H,26,28). The third-order valence-electron chi connectivity index (χ3n) is 4.67. The number of aryl methyl sites for hydroxylation is 2. The Hall–Kier alpha value is -3.60. The molecule has 148 valence electrons. The van der Waals surface area contributed by atoms with E-state index in [-0.39, 0.29) is 18.4 Å². The van der Waals surface area contributed by atoms with E-state index < -0.39 is 0 Å². The molecule has 2 N–H and O–H groups in total. The Balaban J connectivity index is 1.54. The van der Waals surface area contributed by atoms with Crippen molar-refractivity contribution in [2.24, 2.45) is 0 Å². The monoisotopic (exact) mass is 388 g/mol. The molecule has 0 bridgehead atoms. The number of carbonyl (C=O) groups excluding carboxylic acids is 2. The van der Waals surface area contributed by atoms with Crippen LogP contribution in [0.5, 0.6) is 5.75 Å². The maximum absolute atomic E-state index is 12.5. The summed E-state index contributed by atoms with van der Waals surface area (Å²) in [6.07, 6.45) is 0. The Morgan fingerprint density at radius 1 is 0.828 bits per heavy atom. The molecule has 0 saturated carbocycles. The van der Waals surface area contributed by atoms with Crippen LogP contribution in [-0.2, 0) is 4.79 Å². The molecule has 29 heavy (non-hydrogen) atoms. The second kappa shape index (κ2) is 9.06. The third-order valence-corrected chi connectivity index (χ3v) is 4.67. The summed E-state index contributed by atoms with van der Waals surface area (Å²) in [5.41, 5.74) is 5.32. The first kappa shape index (κ1) is 20.1. The summed E-state index contributed by atoms with van der Waals surface area (Å²) in [6.45, 7) is 5.86. The fraction of sp³-hybridized carbons (Fsp3) is 0.167. The van der Waals surface area contributed by atoms with Gasteiger partial charge in [0, 0.05) is 16.9 Å². The maximum Gasteiger partial charge on any atom is 0.262 e. The van der Waals surface area contributed by atoms with Gasteiger partial charge in [-0.3, -0.25) is 9.59 Å². The van der Waals surface area contributed by atoms with Crippen molar-refractivity contribution in [3.63, 3.8) is 0 Å². The molecule has 0 aliphatic rings. The first-order valence-corrected chi connectivity index (χ1v) is 9.39. The minimum Gasteiger partial charge on any atom is -0.484 e. The molecule has 0 saturated heterocycles. The van der Waals surface area contributed by atoms with Crippen molar-refractivity contribution >= 4 is 23.2 Å². The average molecular weight is 388 g/mol. The second-order valence-corrected chi connectivity index (χ2v) is 6.93. The summed E-state index contributed by atoms with van der Waals surface area (Å²) in [5, 5.41) is 5.70. The van der Waals surface area contributed by atoms with Crippen LogP contribution in [0, 0.1) is 20.8 Å². The normalized spacial score (nSPS) is 10.3. The summed E-state index contributed by atoms with van der Waals surface area (Å²) in [6, 6.07) is 20.0. The SMILES string of the molecule is Cc1ccc(NC(=O)COc2ccc(C(=O)Nc3cccc(C)c3C)cc2)cc1. The van der Waals surface area contributed by atoms with Crippen LogP contribution in [0.25, 0.3) is 0 Å². The fourth-order valence-electron chi connectivity index (χ4n) is 2.77. The zero-order valence-electron chi connectivity index (χ0n) is 16.8. The summed E-state index contributed by atoms with van der Waals surface area (Å²) < 4.78 is 5.51. The molecule has 3 aromatic carbocycles. The Morgan fingerprint density at radius 2 is 1.52 bits per heavy atom. The molecule has 0 aromatic heterocycles. The molecular weight excluding hydrogens is 364 g/mol. The summed E-state index contributed by atoms with van der Waals surface area (Å²) >= 11 is 0. The van der Waals surface area contributed by atoms with Gasteiger partial charge < -0.3 is 15.4 Å². The lowest BCUT2D eigenvalue weighted by Gasteiger charge is -2.11. The number of carbonyl (C=O) groups is 2. The molecule has 5 nitrogen and oxygen atoms in total. The topological polar surface area (TPSA) is 67.4 Å². The first-order chi connectivity index (χ1) is 13.9. The van der Waals surface area contributed by atoms with E-state index in [0.29, 0.717) is 11.3 Å². The lowest BCUT2D eigenvalue weighted by Crippen LogP contribution is -2.20. The molecule has 2 amide bonds. The minimum atomic E-state index is -0.245. The van der Waals surface area contributed by atoms with E-state index >= 15 is 0 Å². The van der Waals surface area contributed by atoms with Crippen LogP contribution in [-0.4, -0.2) is 18.4 Å². The van der Waals surface area contributed by atoms with Gasteiger partial charge in [0.15, 0.2) is 6.61 Å². The lowest BCUT2D eigenvalue weighted by molar-refractivity contribution is -0.118. The van der Waals surface area contributed by atoms with Gasteiger partial charge in [-0.1, -0.05) is 29.8 Å². The highest BCUT2D eigenvalue weighted by molar-refractivity contribution is 6.04. The molecule has 5 heteroatoms. The molecule has 0 heterocycles. The summed E-state index contributed by atoms with van der Waals surface area (Å²) in [4.78, 5) is 24.5. The largest absolute Gasteiger partial charge is 0.484 e. The van der Waals surface area contributed by atoms with Gasteiger partial charge in [-0.25, -0.2) is 0 Å². The summed E-state index contributed by atoms with van der Waals surface area (Å²) in [7, 11) is 0. The quantitative estimate of drug-likeness (QED) is 0.632. The zero-order chi connectivity index (χ0) is 20.8. The molecule has 0 aliphatic carbocycles. The van der Waals surface area contributed by atoms with E-state index in [9.17, 15) is 9.59 Å². The highest BCUT2D eigenvalue weighted by atomic mass is 16.5. The number of ether oxygens (including phenoxy) is 1. The smallest absolute Gasteiger partial charge is 0.262 e. The second-order valence-electron chi connectivity index (χ2n) is 6.93. The van der Waals surface area contributed by atoms with E-state index in [2.05, 4.69) is 10.6 Å². The third kappa shape index (κ3) is 5.45. The lowest BCUT2D eigenvalue weighted by atomic mass is 10.1. The Bertz CT molecular complexity index is 1010. The zero-order valence-corrected chi connectivity index (χ0v) is 16.8. The van der Waals surface area contributed by atoms with Crippen LogP contribution in [0.1, 0.15) is 27.0 Å². The molecule has 0 radical (unpaired) electrons. The molecule has 0 aliphatic heterocycles. The van der Waals surface area contributed by atoms with Gasteiger partial charge in [0.1, 0.15) is 5.75 Å². The number of anilines is 2. The predicted molar refractivity (Wildman–Crippen MR) is 116 cm³/mol. The van der Waals surface area contributed by atoms with Crippen molar-refractivity contribution in [2.75, 3.05) is 17.2 Å². The maximum atomic E-state index is 12.5. The molecule has 3 aromatic rings. The Labute approximate surface area is 170 Å². The van der Waals surface area contributed by atoms with Crippen molar-refractivity contribution in [1.82, 2.24) is 0 Å². The molecular formula is C24H24N2O3. The van der Waals surface area contributed by atoms with Gasteiger partial charge in [-0.15, -0.1) is 0 Å². The number of nitrogens with one attached hydrogen (secondary N) is 2. The molecule has 0 atom stereocenters. The van der Waals surface area contributed by atoms with Crippen LogP contribution in [0.3, 0.4) is 0 Å². The molecule has 0 fully saturated rings. The Kier molecular flexibility index (Phi) is 6.29. The number of amides is 2. The predicted octanol–water partition coefficient (Wildman–Crippen LogP) is 4.88. The van der Waals surface area contributed by atoms with Crippen molar-refractivity contribution in [1.29, 1.82) is 0 Å². The minimum absolute atomic E-state index is 0.109. The van der Waals surface area contributed by atoms with Gasteiger partial charge in [0.25, 0.3) is 11.8 Å². The van der Waals surface area contributed by atoms with E-state index in [1.165, 1.54) is 0 Å². The van der Waals surface area contributed by atoms with Crippen LogP contribution in [0.4, 0.5) is 11.4 Å². The highest BCUT2D eigenvalue weighted by Crippen LogP contribution is 2.20. The first-order valence-electron chi connectivity index (χ1n) is 9.39. The van der Waals surface area contributed by atoms with Gasteiger partial charge in [0.2, 0.25) is 0 Å².